The first-order valence-electron chi connectivity index (χ1n) is 10.3. The number of hydrogen-bond acceptors (Lipinski definition) is 4. The Morgan fingerprint density at radius 3 is 2.66 bits per heavy atom. The second-order valence-corrected chi connectivity index (χ2v) is 7.85. The number of carbonyl (C=O) groups excluding carboxylic acids is 1. The molecule has 1 fully saturated rings. The number of rotatable bonds is 5. The molecule has 2 aromatic carbocycles. The minimum absolute atomic E-state index is 0.113. The smallest absolute Gasteiger partial charge is 0.254 e. The maximum Gasteiger partial charge on any atom is 0.254 e. The number of likely N-dealkylation sites (tertiary alicyclic amines) is 1. The fourth-order valence-electron chi connectivity index (χ4n) is 4.07. The summed E-state index contributed by atoms with van der Waals surface area (Å²) in [4.78, 5) is 14.7. The van der Waals surface area contributed by atoms with Gasteiger partial charge < -0.3 is 9.64 Å². The molecule has 2 heterocycles. The average molecular weight is 388 g/mol. The van der Waals surface area contributed by atoms with Crippen molar-refractivity contribution in [2.24, 2.45) is 0 Å². The van der Waals surface area contributed by atoms with E-state index in [0.717, 1.165) is 29.8 Å². The van der Waals surface area contributed by atoms with Gasteiger partial charge in [-0.15, -0.1) is 5.10 Å². The van der Waals surface area contributed by atoms with Gasteiger partial charge in [-0.25, -0.2) is 4.68 Å². The molecule has 1 aromatic heterocycles. The summed E-state index contributed by atoms with van der Waals surface area (Å²) in [6.07, 6.45) is 6.61. The fourth-order valence-corrected chi connectivity index (χ4v) is 4.07. The average Bonchev–Trinajstić information content (AvgIpc) is 3.20. The van der Waals surface area contributed by atoms with Gasteiger partial charge >= 0.3 is 0 Å². The van der Waals surface area contributed by atoms with Gasteiger partial charge in [-0.05, 0) is 61.1 Å². The number of fused-ring (bicyclic) bond motifs is 1. The molecule has 1 saturated heterocycles. The number of hydrogen-bond donors (Lipinski definition) is 0. The number of aryl methyl sites for hydroxylation is 2. The number of benzene rings is 2. The van der Waals surface area contributed by atoms with Crippen LogP contribution in [0.5, 0.6) is 5.75 Å². The van der Waals surface area contributed by atoms with Crippen LogP contribution in [0, 0.1) is 0 Å². The van der Waals surface area contributed by atoms with Crippen LogP contribution in [0.15, 0.2) is 54.7 Å². The van der Waals surface area contributed by atoms with Crippen molar-refractivity contribution in [3.05, 3.63) is 77.1 Å². The number of nitrogens with zero attached hydrogens (tertiary/aromatic N) is 4. The molecule has 0 radical (unpaired) electrons. The lowest BCUT2D eigenvalue weighted by atomic mass is 9.90. The monoisotopic (exact) mass is 388 g/mol. The number of aromatic nitrogens is 3. The van der Waals surface area contributed by atoms with Gasteiger partial charge in [-0.2, -0.15) is 0 Å². The Kier molecular flexibility index (Phi) is 4.76. The normalized spacial score (nSPS) is 16.2. The minimum Gasteiger partial charge on any atom is -0.487 e. The Labute approximate surface area is 170 Å². The van der Waals surface area contributed by atoms with Crippen LogP contribution in [0.25, 0.3) is 0 Å². The molecule has 0 unspecified atom stereocenters. The van der Waals surface area contributed by atoms with E-state index in [4.69, 9.17) is 4.74 Å². The third-order valence-corrected chi connectivity index (χ3v) is 5.81. The second kappa shape index (κ2) is 7.70. The van der Waals surface area contributed by atoms with Gasteiger partial charge in [0.05, 0.1) is 12.2 Å². The zero-order chi connectivity index (χ0) is 19.6. The van der Waals surface area contributed by atoms with E-state index in [0.29, 0.717) is 19.7 Å². The van der Waals surface area contributed by atoms with Crippen LogP contribution in [-0.2, 0) is 19.4 Å². The van der Waals surface area contributed by atoms with Crippen molar-refractivity contribution >= 4 is 5.91 Å². The van der Waals surface area contributed by atoms with Gasteiger partial charge in [0.15, 0.2) is 0 Å². The first-order valence-corrected chi connectivity index (χ1v) is 10.3. The predicted octanol–water partition coefficient (Wildman–Crippen LogP) is 3.43. The van der Waals surface area contributed by atoms with E-state index >= 15 is 0 Å². The van der Waals surface area contributed by atoms with Crippen LogP contribution in [0.3, 0.4) is 0 Å². The van der Waals surface area contributed by atoms with Crippen LogP contribution < -0.4 is 4.74 Å². The fraction of sp³-hybridized carbons (Fsp3) is 0.348. The van der Waals surface area contributed by atoms with E-state index in [-0.39, 0.29) is 11.9 Å². The molecule has 2 aliphatic rings. The Morgan fingerprint density at radius 2 is 1.83 bits per heavy atom. The lowest BCUT2D eigenvalue weighted by molar-refractivity contribution is 0.0498. The van der Waals surface area contributed by atoms with Crippen molar-refractivity contribution in [1.29, 1.82) is 0 Å². The molecular formula is C23H24N4O2. The highest BCUT2D eigenvalue weighted by Gasteiger charge is 2.33. The maximum absolute atomic E-state index is 12.8. The zero-order valence-corrected chi connectivity index (χ0v) is 16.3. The van der Waals surface area contributed by atoms with E-state index in [1.807, 2.05) is 52.2 Å². The molecule has 0 N–H and O–H groups in total. The van der Waals surface area contributed by atoms with Crippen molar-refractivity contribution in [3.63, 3.8) is 0 Å². The third-order valence-electron chi connectivity index (χ3n) is 5.81. The second-order valence-electron chi connectivity index (χ2n) is 7.85. The molecule has 0 bridgehead atoms. The number of amides is 1. The third kappa shape index (κ3) is 3.75. The molecule has 29 heavy (non-hydrogen) atoms. The molecule has 6 nitrogen and oxygen atoms in total. The van der Waals surface area contributed by atoms with Crippen LogP contribution in [0.4, 0.5) is 0 Å². The topological polar surface area (TPSA) is 60.2 Å². The Balaban J connectivity index is 1.17. The van der Waals surface area contributed by atoms with E-state index in [1.54, 1.807) is 0 Å². The van der Waals surface area contributed by atoms with Gasteiger partial charge in [0.2, 0.25) is 0 Å². The largest absolute Gasteiger partial charge is 0.487 e. The predicted molar refractivity (Wildman–Crippen MR) is 109 cm³/mol. The summed E-state index contributed by atoms with van der Waals surface area (Å²) in [7, 11) is 0. The van der Waals surface area contributed by atoms with Crippen molar-refractivity contribution < 1.29 is 9.53 Å². The summed E-state index contributed by atoms with van der Waals surface area (Å²) < 4.78 is 7.57. The van der Waals surface area contributed by atoms with Gasteiger partial charge in [0.25, 0.3) is 5.91 Å². The summed E-state index contributed by atoms with van der Waals surface area (Å²) in [5, 5.41) is 8.42. The molecule has 3 aromatic rings. The molecule has 148 valence electrons. The first-order chi connectivity index (χ1) is 14.3. The van der Waals surface area contributed by atoms with Gasteiger partial charge in [-0.1, -0.05) is 29.5 Å². The SMILES string of the molecule is O=C(c1ccc2c(c1)CCCC2)N1CC(n2cc(COc3ccccc3)nn2)C1. The quantitative estimate of drug-likeness (QED) is 0.672. The summed E-state index contributed by atoms with van der Waals surface area (Å²) in [5.74, 6) is 0.926. The Morgan fingerprint density at radius 1 is 1.03 bits per heavy atom. The van der Waals surface area contributed by atoms with Gasteiger partial charge in [0, 0.05) is 18.7 Å². The number of para-hydroxylation sites is 1. The first kappa shape index (κ1) is 17.9. The molecule has 1 aliphatic heterocycles. The molecule has 1 amide bonds. The van der Waals surface area contributed by atoms with Gasteiger partial charge in [-0.3, -0.25) is 4.79 Å². The lowest BCUT2D eigenvalue weighted by Gasteiger charge is -2.39. The summed E-state index contributed by atoms with van der Waals surface area (Å²) in [6, 6.07) is 16.1. The highest BCUT2D eigenvalue weighted by molar-refractivity contribution is 5.95. The Hall–Kier alpha value is -3.15. The van der Waals surface area contributed by atoms with Crippen molar-refractivity contribution in [1.82, 2.24) is 19.9 Å². The van der Waals surface area contributed by atoms with Crippen molar-refractivity contribution in [2.75, 3.05) is 13.1 Å². The highest BCUT2D eigenvalue weighted by atomic mass is 16.5. The number of ether oxygens (including phenoxy) is 1. The van der Waals surface area contributed by atoms with Crippen LogP contribution in [-0.4, -0.2) is 38.9 Å². The molecule has 0 saturated carbocycles. The summed E-state index contributed by atoms with van der Waals surface area (Å²) in [5.41, 5.74) is 4.34. The molecule has 0 atom stereocenters. The molecule has 0 spiro atoms. The highest BCUT2D eigenvalue weighted by Crippen LogP contribution is 2.26. The van der Waals surface area contributed by atoms with Crippen LogP contribution in [0.1, 0.15) is 46.1 Å². The maximum atomic E-state index is 12.8. The standard InChI is InChI=1S/C23H24N4O2/c28-23(19-11-10-17-6-4-5-7-18(17)12-19)26-14-21(15-26)27-13-20(24-25-27)16-29-22-8-2-1-3-9-22/h1-3,8-13,21H,4-7,14-16H2. The Bertz CT molecular complexity index is 1010. The van der Waals surface area contributed by atoms with E-state index in [1.165, 1.54) is 24.0 Å². The van der Waals surface area contributed by atoms with Crippen molar-refractivity contribution in [2.45, 2.75) is 38.3 Å². The lowest BCUT2D eigenvalue weighted by Crippen LogP contribution is -2.50. The summed E-state index contributed by atoms with van der Waals surface area (Å²) >= 11 is 0. The van der Waals surface area contributed by atoms with E-state index in [2.05, 4.69) is 22.4 Å². The molecular weight excluding hydrogens is 364 g/mol. The van der Waals surface area contributed by atoms with Crippen LogP contribution >= 0.6 is 0 Å². The number of carbonyl (C=O) groups is 1. The van der Waals surface area contributed by atoms with Crippen LogP contribution in [0.2, 0.25) is 0 Å². The summed E-state index contributed by atoms with van der Waals surface area (Å²) in [6.45, 7) is 1.71. The zero-order valence-electron chi connectivity index (χ0n) is 16.3. The molecule has 6 heteroatoms. The molecule has 5 rings (SSSR count). The molecule has 1 aliphatic carbocycles. The van der Waals surface area contributed by atoms with Gasteiger partial charge in [0.1, 0.15) is 18.1 Å². The van der Waals surface area contributed by atoms with E-state index in [9.17, 15) is 4.79 Å². The van der Waals surface area contributed by atoms with E-state index < -0.39 is 0 Å². The van der Waals surface area contributed by atoms with Crippen molar-refractivity contribution in [3.8, 4) is 5.75 Å². The minimum atomic E-state index is 0.113.